The summed E-state index contributed by atoms with van der Waals surface area (Å²) in [6.45, 7) is 6.07. The first-order valence-corrected chi connectivity index (χ1v) is 6.23. The summed E-state index contributed by atoms with van der Waals surface area (Å²) in [7, 11) is 0. The Morgan fingerprint density at radius 3 is 2.36 bits per heavy atom. The number of nitrogens with two attached hydrogens (primary N) is 1. The topological polar surface area (TPSA) is 29.3 Å². The molecule has 0 aromatic rings. The van der Waals surface area contributed by atoms with E-state index in [0.29, 0.717) is 6.04 Å². The lowest BCUT2D eigenvalue weighted by Gasteiger charge is -2.37. The molecule has 1 heterocycles. The summed E-state index contributed by atoms with van der Waals surface area (Å²) in [5.74, 6) is 1.78. The Labute approximate surface area is 87.8 Å². The zero-order chi connectivity index (χ0) is 9.97. The highest BCUT2D eigenvalue weighted by atomic mass is 15.1. The number of nitrogens with zero attached hydrogens (tertiary/aromatic N) is 1. The van der Waals surface area contributed by atoms with Crippen LogP contribution in [0.1, 0.15) is 39.0 Å². The fraction of sp³-hybridized carbons (Fsp3) is 1.00. The average Bonchev–Trinajstić information content (AvgIpc) is 2.06. The number of likely N-dealkylation sites (tertiary alicyclic amines) is 1. The first-order valence-electron chi connectivity index (χ1n) is 6.23. The van der Waals surface area contributed by atoms with Crippen LogP contribution in [-0.4, -0.2) is 30.6 Å². The number of rotatable bonds is 3. The van der Waals surface area contributed by atoms with Crippen LogP contribution in [-0.2, 0) is 0 Å². The first-order chi connectivity index (χ1) is 6.75. The van der Waals surface area contributed by atoms with Gasteiger partial charge in [0.25, 0.3) is 0 Å². The fourth-order valence-electron chi connectivity index (χ4n) is 2.56. The molecule has 2 rings (SSSR count). The Hall–Kier alpha value is -0.0800. The second-order valence-corrected chi connectivity index (χ2v) is 5.34. The summed E-state index contributed by atoms with van der Waals surface area (Å²) in [6.07, 6.45) is 6.92. The van der Waals surface area contributed by atoms with Gasteiger partial charge in [0.1, 0.15) is 0 Å². The molecule has 0 aromatic heterocycles. The molecule has 2 fully saturated rings. The smallest absolute Gasteiger partial charge is 0.0196 e. The van der Waals surface area contributed by atoms with Crippen LogP contribution in [0.25, 0.3) is 0 Å². The lowest BCUT2D eigenvalue weighted by Crippen LogP contribution is -2.46. The monoisotopic (exact) mass is 196 g/mol. The van der Waals surface area contributed by atoms with E-state index in [-0.39, 0.29) is 0 Å². The lowest BCUT2D eigenvalue weighted by atomic mass is 9.80. The summed E-state index contributed by atoms with van der Waals surface area (Å²) in [5.41, 5.74) is 6.20. The molecule has 1 aliphatic carbocycles. The molecule has 82 valence electrons. The third kappa shape index (κ3) is 2.48. The maximum atomic E-state index is 6.20. The summed E-state index contributed by atoms with van der Waals surface area (Å²) in [4.78, 5) is 2.57. The van der Waals surface area contributed by atoms with Gasteiger partial charge in [0, 0.05) is 12.6 Å². The zero-order valence-corrected chi connectivity index (χ0v) is 9.41. The normalized spacial score (nSPS) is 28.7. The van der Waals surface area contributed by atoms with Crippen molar-refractivity contribution in [2.45, 2.75) is 45.1 Å². The minimum absolute atomic E-state index is 0.456. The molecule has 2 aliphatic rings. The standard InChI is InChI=1S/C12H24N2/c1-10-5-7-14(8-6-10)9-12(13)11-3-2-4-11/h10-12H,2-9,13H2,1H3. The molecule has 0 bridgehead atoms. The van der Waals surface area contributed by atoms with E-state index < -0.39 is 0 Å². The van der Waals surface area contributed by atoms with Crippen molar-refractivity contribution in [1.29, 1.82) is 0 Å². The van der Waals surface area contributed by atoms with Crippen LogP contribution in [0.2, 0.25) is 0 Å². The number of hydrogen-bond donors (Lipinski definition) is 1. The molecule has 1 atom stereocenters. The van der Waals surface area contributed by atoms with Crippen LogP contribution < -0.4 is 5.73 Å². The van der Waals surface area contributed by atoms with Gasteiger partial charge in [-0.25, -0.2) is 0 Å². The van der Waals surface area contributed by atoms with Gasteiger partial charge in [0.2, 0.25) is 0 Å². The molecule has 1 saturated heterocycles. The molecule has 2 heteroatoms. The molecule has 1 aliphatic heterocycles. The Balaban J connectivity index is 1.68. The Morgan fingerprint density at radius 2 is 1.86 bits per heavy atom. The van der Waals surface area contributed by atoms with Gasteiger partial charge in [-0.2, -0.15) is 0 Å². The van der Waals surface area contributed by atoms with Crippen molar-refractivity contribution in [3.05, 3.63) is 0 Å². The molecule has 2 nitrogen and oxygen atoms in total. The van der Waals surface area contributed by atoms with Gasteiger partial charge in [-0.15, -0.1) is 0 Å². The van der Waals surface area contributed by atoms with E-state index in [1.807, 2.05) is 0 Å². The maximum Gasteiger partial charge on any atom is 0.0196 e. The van der Waals surface area contributed by atoms with Crippen LogP contribution in [0.3, 0.4) is 0 Å². The van der Waals surface area contributed by atoms with Gasteiger partial charge in [0.05, 0.1) is 0 Å². The molecular formula is C12H24N2. The molecule has 0 aromatic carbocycles. The second-order valence-electron chi connectivity index (χ2n) is 5.34. The Bertz CT molecular complexity index is 169. The summed E-state index contributed by atoms with van der Waals surface area (Å²) < 4.78 is 0. The minimum atomic E-state index is 0.456. The molecule has 2 N–H and O–H groups in total. The van der Waals surface area contributed by atoms with Crippen molar-refractivity contribution >= 4 is 0 Å². The SMILES string of the molecule is CC1CCN(CC(N)C2CCC2)CC1. The average molecular weight is 196 g/mol. The Morgan fingerprint density at radius 1 is 1.21 bits per heavy atom. The molecule has 1 unspecified atom stereocenters. The van der Waals surface area contributed by atoms with E-state index >= 15 is 0 Å². The van der Waals surface area contributed by atoms with Crippen LogP contribution in [0.4, 0.5) is 0 Å². The predicted molar refractivity (Wildman–Crippen MR) is 60.2 cm³/mol. The highest BCUT2D eigenvalue weighted by Crippen LogP contribution is 2.29. The summed E-state index contributed by atoms with van der Waals surface area (Å²) in [5, 5.41) is 0. The van der Waals surface area contributed by atoms with Gasteiger partial charge in [-0.3, -0.25) is 0 Å². The van der Waals surface area contributed by atoms with E-state index in [1.54, 1.807) is 0 Å². The van der Waals surface area contributed by atoms with Crippen molar-refractivity contribution < 1.29 is 0 Å². The number of hydrogen-bond acceptors (Lipinski definition) is 2. The molecule has 1 saturated carbocycles. The maximum absolute atomic E-state index is 6.20. The van der Waals surface area contributed by atoms with E-state index in [4.69, 9.17) is 5.73 Å². The predicted octanol–water partition coefficient (Wildman–Crippen LogP) is 1.85. The highest BCUT2D eigenvalue weighted by Gasteiger charge is 2.26. The quantitative estimate of drug-likeness (QED) is 0.746. The number of piperidine rings is 1. The molecule has 14 heavy (non-hydrogen) atoms. The van der Waals surface area contributed by atoms with E-state index in [2.05, 4.69) is 11.8 Å². The van der Waals surface area contributed by atoms with Crippen LogP contribution in [0.15, 0.2) is 0 Å². The van der Waals surface area contributed by atoms with E-state index in [9.17, 15) is 0 Å². The molecule has 0 radical (unpaired) electrons. The van der Waals surface area contributed by atoms with Gasteiger partial charge >= 0.3 is 0 Å². The first kappa shape index (κ1) is 10.4. The summed E-state index contributed by atoms with van der Waals surface area (Å²) >= 11 is 0. The van der Waals surface area contributed by atoms with Crippen LogP contribution in [0.5, 0.6) is 0 Å². The minimum Gasteiger partial charge on any atom is -0.326 e. The van der Waals surface area contributed by atoms with Gasteiger partial charge in [-0.1, -0.05) is 13.3 Å². The van der Waals surface area contributed by atoms with Gasteiger partial charge in [0.15, 0.2) is 0 Å². The van der Waals surface area contributed by atoms with Gasteiger partial charge in [-0.05, 0) is 50.6 Å². The van der Waals surface area contributed by atoms with E-state index in [0.717, 1.165) is 18.4 Å². The molecule has 0 amide bonds. The highest BCUT2D eigenvalue weighted by molar-refractivity contribution is 4.83. The lowest BCUT2D eigenvalue weighted by molar-refractivity contribution is 0.148. The fourth-order valence-corrected chi connectivity index (χ4v) is 2.56. The largest absolute Gasteiger partial charge is 0.326 e. The van der Waals surface area contributed by atoms with Crippen molar-refractivity contribution in [2.24, 2.45) is 17.6 Å². The van der Waals surface area contributed by atoms with Crippen molar-refractivity contribution in [3.63, 3.8) is 0 Å². The Kier molecular flexibility index (Phi) is 3.45. The second kappa shape index (κ2) is 4.63. The van der Waals surface area contributed by atoms with Crippen LogP contribution >= 0.6 is 0 Å². The molecular weight excluding hydrogens is 172 g/mol. The third-order valence-electron chi connectivity index (χ3n) is 4.10. The van der Waals surface area contributed by atoms with Gasteiger partial charge < -0.3 is 10.6 Å². The van der Waals surface area contributed by atoms with Crippen LogP contribution in [0, 0.1) is 11.8 Å². The molecule has 0 spiro atoms. The zero-order valence-electron chi connectivity index (χ0n) is 9.41. The van der Waals surface area contributed by atoms with E-state index in [1.165, 1.54) is 45.2 Å². The van der Waals surface area contributed by atoms with Crippen molar-refractivity contribution in [3.8, 4) is 0 Å². The third-order valence-corrected chi connectivity index (χ3v) is 4.10. The summed E-state index contributed by atoms with van der Waals surface area (Å²) in [6, 6.07) is 0.456. The van der Waals surface area contributed by atoms with Crippen molar-refractivity contribution in [1.82, 2.24) is 4.90 Å². The van der Waals surface area contributed by atoms with Crippen molar-refractivity contribution in [2.75, 3.05) is 19.6 Å².